The summed E-state index contributed by atoms with van der Waals surface area (Å²) in [5.74, 6) is 2.26. The Kier molecular flexibility index (Phi) is 6.79. The van der Waals surface area contributed by atoms with E-state index >= 15 is 0 Å². The van der Waals surface area contributed by atoms with Crippen molar-refractivity contribution in [2.24, 2.45) is 0 Å². The number of morpholine rings is 1. The van der Waals surface area contributed by atoms with Crippen LogP contribution < -0.4 is 10.2 Å². The van der Waals surface area contributed by atoms with Gasteiger partial charge in [0.2, 0.25) is 0 Å². The minimum Gasteiger partial charge on any atom is -0.378 e. The Balaban J connectivity index is 1.54. The van der Waals surface area contributed by atoms with E-state index in [4.69, 9.17) is 14.7 Å². The average molecular weight is 436 g/mol. The van der Waals surface area contributed by atoms with Crippen LogP contribution in [0.15, 0.2) is 48.7 Å². The number of nitrogens with one attached hydrogen (secondary N) is 1. The van der Waals surface area contributed by atoms with Crippen LogP contribution in [0.25, 0.3) is 11.4 Å². The third kappa shape index (κ3) is 5.39. The Morgan fingerprint density at radius 2 is 1.90 bits per heavy atom. The van der Waals surface area contributed by atoms with Crippen LogP contribution in [0.5, 0.6) is 0 Å². The van der Waals surface area contributed by atoms with E-state index in [9.17, 15) is 4.79 Å². The normalized spacial score (nSPS) is 13.8. The van der Waals surface area contributed by atoms with Crippen LogP contribution >= 0.6 is 11.8 Å². The number of pyridine rings is 1. The van der Waals surface area contributed by atoms with Gasteiger partial charge in [0.1, 0.15) is 5.82 Å². The lowest BCUT2D eigenvalue weighted by molar-refractivity contribution is 0.102. The molecule has 1 fully saturated rings. The van der Waals surface area contributed by atoms with E-state index in [2.05, 4.69) is 27.5 Å². The van der Waals surface area contributed by atoms with E-state index < -0.39 is 0 Å². The fourth-order valence-corrected chi connectivity index (χ4v) is 3.74. The van der Waals surface area contributed by atoms with Crippen molar-refractivity contribution in [1.29, 1.82) is 0 Å². The summed E-state index contributed by atoms with van der Waals surface area (Å²) >= 11 is 1.74. The fourth-order valence-electron chi connectivity index (χ4n) is 3.30. The van der Waals surface area contributed by atoms with Gasteiger partial charge in [-0.15, -0.1) is 0 Å². The number of aryl methyl sites for hydroxylation is 1. The van der Waals surface area contributed by atoms with Gasteiger partial charge in [-0.25, -0.2) is 9.97 Å². The second kappa shape index (κ2) is 9.89. The lowest BCUT2D eigenvalue weighted by Gasteiger charge is -2.28. The highest BCUT2D eigenvalue weighted by molar-refractivity contribution is 7.97. The van der Waals surface area contributed by atoms with Gasteiger partial charge in [0, 0.05) is 48.1 Å². The molecule has 0 spiro atoms. The minimum atomic E-state index is -0.187. The van der Waals surface area contributed by atoms with Crippen LogP contribution in [0.2, 0.25) is 0 Å². The smallest absolute Gasteiger partial charge is 0.257 e. The molecule has 4 rings (SSSR count). The van der Waals surface area contributed by atoms with E-state index in [1.165, 1.54) is 0 Å². The summed E-state index contributed by atoms with van der Waals surface area (Å²) in [7, 11) is 0. The van der Waals surface area contributed by atoms with Crippen molar-refractivity contribution in [3.05, 3.63) is 65.6 Å². The standard InChI is InChI=1S/C23H25N5O2S/c1-16-3-4-18(14-24-16)23(29)26-19-7-5-17(6-8-19)22-25-20(15-31-2)13-21(27-22)28-9-11-30-12-10-28/h3-8,13-14H,9-12,15H2,1-2H3,(H,26,29). The maximum absolute atomic E-state index is 12.4. The van der Waals surface area contributed by atoms with Crippen molar-refractivity contribution in [3.8, 4) is 11.4 Å². The molecule has 1 saturated heterocycles. The van der Waals surface area contributed by atoms with Gasteiger partial charge in [-0.3, -0.25) is 9.78 Å². The van der Waals surface area contributed by atoms with Gasteiger partial charge in [-0.2, -0.15) is 11.8 Å². The van der Waals surface area contributed by atoms with Gasteiger partial charge in [0.25, 0.3) is 5.91 Å². The van der Waals surface area contributed by atoms with Gasteiger partial charge in [-0.1, -0.05) is 0 Å². The Morgan fingerprint density at radius 1 is 1.13 bits per heavy atom. The van der Waals surface area contributed by atoms with Crippen LogP contribution in [0.1, 0.15) is 21.7 Å². The summed E-state index contributed by atoms with van der Waals surface area (Å²) in [5.41, 5.74) is 4.03. The molecule has 7 nitrogen and oxygen atoms in total. The minimum absolute atomic E-state index is 0.187. The number of aromatic nitrogens is 3. The number of hydrogen-bond donors (Lipinski definition) is 1. The molecule has 0 saturated carbocycles. The Hall–Kier alpha value is -2.97. The summed E-state index contributed by atoms with van der Waals surface area (Å²) in [5, 5.41) is 2.91. The molecule has 0 bridgehead atoms. The highest BCUT2D eigenvalue weighted by Crippen LogP contribution is 2.24. The van der Waals surface area contributed by atoms with Crippen molar-refractivity contribution in [1.82, 2.24) is 15.0 Å². The van der Waals surface area contributed by atoms with Gasteiger partial charge < -0.3 is 15.0 Å². The maximum atomic E-state index is 12.4. The molecule has 160 valence electrons. The van der Waals surface area contributed by atoms with Gasteiger partial charge in [0.05, 0.1) is 24.5 Å². The molecule has 1 amide bonds. The molecule has 1 N–H and O–H groups in total. The van der Waals surface area contributed by atoms with Gasteiger partial charge in [0.15, 0.2) is 5.82 Å². The first kappa shape index (κ1) is 21.3. The Bertz CT molecular complexity index is 1030. The van der Waals surface area contributed by atoms with Crippen molar-refractivity contribution in [2.45, 2.75) is 12.7 Å². The summed E-state index contributed by atoms with van der Waals surface area (Å²) < 4.78 is 5.47. The SMILES string of the molecule is CSCc1cc(N2CCOCC2)nc(-c2ccc(NC(=O)c3ccc(C)nc3)cc2)n1. The van der Waals surface area contributed by atoms with Crippen molar-refractivity contribution in [3.63, 3.8) is 0 Å². The van der Waals surface area contributed by atoms with E-state index in [-0.39, 0.29) is 5.91 Å². The zero-order valence-electron chi connectivity index (χ0n) is 17.7. The number of carbonyl (C=O) groups is 1. The number of rotatable bonds is 6. The molecule has 31 heavy (non-hydrogen) atoms. The second-order valence-corrected chi connectivity index (χ2v) is 8.16. The molecule has 1 aromatic carbocycles. The molecule has 0 atom stereocenters. The molecule has 0 unspecified atom stereocenters. The average Bonchev–Trinajstić information content (AvgIpc) is 2.80. The number of hydrogen-bond acceptors (Lipinski definition) is 7. The van der Waals surface area contributed by atoms with E-state index in [1.54, 1.807) is 24.0 Å². The molecule has 0 aliphatic carbocycles. The number of nitrogens with zero attached hydrogens (tertiary/aromatic N) is 4. The van der Waals surface area contributed by atoms with E-state index in [0.29, 0.717) is 30.3 Å². The number of amides is 1. The predicted molar refractivity (Wildman–Crippen MR) is 125 cm³/mol. The van der Waals surface area contributed by atoms with Crippen LogP contribution in [-0.2, 0) is 10.5 Å². The number of benzene rings is 1. The third-order valence-electron chi connectivity index (χ3n) is 4.97. The third-order valence-corrected chi connectivity index (χ3v) is 5.55. The van der Waals surface area contributed by atoms with Crippen molar-refractivity contribution < 1.29 is 9.53 Å². The lowest BCUT2D eigenvalue weighted by atomic mass is 10.1. The van der Waals surface area contributed by atoms with Gasteiger partial charge in [-0.05, 0) is 49.6 Å². The van der Waals surface area contributed by atoms with Crippen LogP contribution in [0.3, 0.4) is 0 Å². The quantitative estimate of drug-likeness (QED) is 0.631. The molecule has 2 aromatic heterocycles. The monoisotopic (exact) mass is 435 g/mol. The number of carbonyl (C=O) groups excluding carboxylic acids is 1. The summed E-state index contributed by atoms with van der Waals surface area (Å²) in [6.45, 7) is 4.97. The molecule has 1 aliphatic heterocycles. The largest absolute Gasteiger partial charge is 0.378 e. The molecule has 8 heteroatoms. The first-order valence-electron chi connectivity index (χ1n) is 10.2. The van der Waals surface area contributed by atoms with E-state index in [1.807, 2.05) is 37.3 Å². The maximum Gasteiger partial charge on any atom is 0.257 e. The zero-order valence-corrected chi connectivity index (χ0v) is 18.5. The highest BCUT2D eigenvalue weighted by Gasteiger charge is 2.16. The summed E-state index contributed by atoms with van der Waals surface area (Å²) in [6.07, 6.45) is 3.65. The molecular formula is C23H25N5O2S. The zero-order chi connectivity index (χ0) is 21.6. The fraction of sp³-hybridized carbons (Fsp3) is 0.304. The van der Waals surface area contributed by atoms with Gasteiger partial charge >= 0.3 is 0 Å². The molecule has 0 radical (unpaired) electrons. The van der Waals surface area contributed by atoms with Crippen molar-refractivity contribution in [2.75, 3.05) is 42.8 Å². The second-order valence-electron chi connectivity index (χ2n) is 7.29. The van der Waals surface area contributed by atoms with Crippen LogP contribution in [0, 0.1) is 6.92 Å². The van der Waals surface area contributed by atoms with Crippen molar-refractivity contribution >= 4 is 29.2 Å². The molecule has 3 aromatic rings. The first-order chi connectivity index (χ1) is 15.1. The first-order valence-corrected chi connectivity index (χ1v) is 11.6. The van der Waals surface area contributed by atoms with E-state index in [0.717, 1.165) is 41.6 Å². The molecule has 1 aliphatic rings. The number of ether oxygens (including phenoxy) is 1. The summed E-state index contributed by atoms with van der Waals surface area (Å²) in [4.78, 5) is 28.4. The lowest BCUT2D eigenvalue weighted by Crippen LogP contribution is -2.37. The number of thioether (sulfide) groups is 1. The predicted octanol–water partition coefficient (Wildman–Crippen LogP) is 3.80. The van der Waals surface area contributed by atoms with Crippen LogP contribution in [-0.4, -0.2) is 53.4 Å². The van der Waals surface area contributed by atoms with Crippen LogP contribution in [0.4, 0.5) is 11.5 Å². The topological polar surface area (TPSA) is 80.2 Å². The number of anilines is 2. The molecule has 3 heterocycles. The Morgan fingerprint density at radius 3 is 2.58 bits per heavy atom. The summed E-state index contributed by atoms with van der Waals surface area (Å²) in [6, 6.07) is 13.3. The Labute approximate surface area is 186 Å². The highest BCUT2D eigenvalue weighted by atomic mass is 32.2. The molecular weight excluding hydrogens is 410 g/mol.